The Morgan fingerprint density at radius 1 is 1.16 bits per heavy atom. The van der Waals surface area contributed by atoms with Gasteiger partial charge < -0.3 is 5.73 Å². The predicted octanol–water partition coefficient (Wildman–Crippen LogP) is 3.44. The Morgan fingerprint density at radius 3 is 2.68 bits per heavy atom. The molecule has 1 aliphatic carbocycles. The van der Waals surface area contributed by atoms with Crippen molar-refractivity contribution in [3.63, 3.8) is 0 Å². The molecule has 2 aliphatic rings. The molecular formula is C17H26N2. The van der Waals surface area contributed by atoms with Crippen molar-refractivity contribution in [2.24, 2.45) is 5.73 Å². The number of hydrogen-bond donors (Lipinski definition) is 1. The van der Waals surface area contributed by atoms with E-state index < -0.39 is 0 Å². The van der Waals surface area contributed by atoms with E-state index in [-0.39, 0.29) is 6.04 Å². The van der Waals surface area contributed by atoms with Crippen molar-refractivity contribution in [2.45, 2.75) is 57.0 Å². The highest BCUT2D eigenvalue weighted by molar-refractivity contribution is 5.31. The standard InChI is InChI=1S/C17H26N2/c1-2-19-11-4-3-8-16(18)17(19)15-7-5-6-14(12-15)13-9-10-13/h5-7,12-13,16-17H,2-4,8-11,18H2,1H3. The molecule has 2 fully saturated rings. The van der Waals surface area contributed by atoms with E-state index >= 15 is 0 Å². The first-order valence-electron chi connectivity index (χ1n) is 7.89. The quantitative estimate of drug-likeness (QED) is 0.900. The van der Waals surface area contributed by atoms with Crippen LogP contribution in [0.25, 0.3) is 0 Å². The van der Waals surface area contributed by atoms with Gasteiger partial charge in [0.25, 0.3) is 0 Å². The van der Waals surface area contributed by atoms with E-state index in [1.807, 2.05) is 0 Å². The fourth-order valence-electron chi connectivity index (χ4n) is 3.49. The van der Waals surface area contributed by atoms with Crippen LogP contribution in [0.5, 0.6) is 0 Å². The molecule has 19 heavy (non-hydrogen) atoms. The van der Waals surface area contributed by atoms with Crippen molar-refractivity contribution in [1.29, 1.82) is 0 Å². The van der Waals surface area contributed by atoms with E-state index in [1.165, 1.54) is 43.4 Å². The van der Waals surface area contributed by atoms with Gasteiger partial charge in [0.05, 0.1) is 0 Å². The zero-order chi connectivity index (χ0) is 13.2. The molecule has 2 unspecified atom stereocenters. The molecular weight excluding hydrogens is 232 g/mol. The first-order valence-corrected chi connectivity index (χ1v) is 7.89. The number of likely N-dealkylation sites (tertiary alicyclic amines) is 1. The van der Waals surface area contributed by atoms with Crippen LogP contribution in [0.3, 0.4) is 0 Å². The molecule has 2 atom stereocenters. The topological polar surface area (TPSA) is 29.3 Å². The molecule has 2 N–H and O–H groups in total. The van der Waals surface area contributed by atoms with Crippen molar-refractivity contribution < 1.29 is 0 Å². The molecule has 1 saturated carbocycles. The average molecular weight is 258 g/mol. The Bertz CT molecular complexity index is 425. The van der Waals surface area contributed by atoms with Crippen LogP contribution in [0.4, 0.5) is 0 Å². The lowest BCUT2D eigenvalue weighted by atomic mass is 9.94. The van der Waals surface area contributed by atoms with Crippen LogP contribution >= 0.6 is 0 Å². The van der Waals surface area contributed by atoms with Crippen LogP contribution in [0.15, 0.2) is 24.3 Å². The number of rotatable bonds is 3. The summed E-state index contributed by atoms with van der Waals surface area (Å²) >= 11 is 0. The van der Waals surface area contributed by atoms with Gasteiger partial charge in [-0.1, -0.05) is 37.6 Å². The van der Waals surface area contributed by atoms with E-state index in [4.69, 9.17) is 5.73 Å². The van der Waals surface area contributed by atoms with Gasteiger partial charge in [-0.25, -0.2) is 0 Å². The van der Waals surface area contributed by atoms with Crippen molar-refractivity contribution in [3.05, 3.63) is 35.4 Å². The largest absolute Gasteiger partial charge is 0.326 e. The van der Waals surface area contributed by atoms with Crippen LogP contribution in [0.2, 0.25) is 0 Å². The summed E-state index contributed by atoms with van der Waals surface area (Å²) < 4.78 is 0. The molecule has 3 rings (SSSR count). The number of benzene rings is 1. The summed E-state index contributed by atoms with van der Waals surface area (Å²) in [5.41, 5.74) is 9.45. The molecule has 1 aromatic rings. The van der Waals surface area contributed by atoms with Crippen LogP contribution in [-0.2, 0) is 0 Å². The molecule has 1 aliphatic heterocycles. The van der Waals surface area contributed by atoms with E-state index in [0.717, 1.165) is 18.9 Å². The first-order chi connectivity index (χ1) is 9.29. The fourth-order valence-corrected chi connectivity index (χ4v) is 3.49. The van der Waals surface area contributed by atoms with Crippen LogP contribution in [0, 0.1) is 0 Å². The maximum Gasteiger partial charge on any atom is 0.0499 e. The minimum atomic E-state index is 0.289. The maximum absolute atomic E-state index is 6.48. The summed E-state index contributed by atoms with van der Waals surface area (Å²) in [6.07, 6.45) is 6.47. The summed E-state index contributed by atoms with van der Waals surface area (Å²) in [5, 5.41) is 0. The minimum absolute atomic E-state index is 0.289. The van der Waals surface area contributed by atoms with Crippen LogP contribution in [-0.4, -0.2) is 24.0 Å². The highest BCUT2D eigenvalue weighted by atomic mass is 15.2. The summed E-state index contributed by atoms with van der Waals surface area (Å²) in [7, 11) is 0. The van der Waals surface area contributed by atoms with Gasteiger partial charge in [0.15, 0.2) is 0 Å². The lowest BCUT2D eigenvalue weighted by Crippen LogP contribution is -2.39. The summed E-state index contributed by atoms with van der Waals surface area (Å²) in [6.45, 7) is 4.56. The molecule has 2 heteroatoms. The average Bonchev–Trinajstić information content (AvgIpc) is 3.26. The third-order valence-electron chi connectivity index (χ3n) is 4.74. The Morgan fingerprint density at radius 2 is 1.95 bits per heavy atom. The first kappa shape index (κ1) is 13.1. The van der Waals surface area contributed by atoms with Gasteiger partial charge in [-0.05, 0) is 55.8 Å². The van der Waals surface area contributed by atoms with Crippen molar-refractivity contribution in [3.8, 4) is 0 Å². The maximum atomic E-state index is 6.48. The zero-order valence-corrected chi connectivity index (χ0v) is 12.0. The Hall–Kier alpha value is -0.860. The second kappa shape index (κ2) is 5.64. The lowest BCUT2D eigenvalue weighted by Gasteiger charge is -2.33. The van der Waals surface area contributed by atoms with Gasteiger partial charge >= 0.3 is 0 Å². The monoisotopic (exact) mass is 258 g/mol. The molecule has 1 heterocycles. The van der Waals surface area contributed by atoms with E-state index in [2.05, 4.69) is 36.1 Å². The lowest BCUT2D eigenvalue weighted by molar-refractivity contribution is 0.195. The van der Waals surface area contributed by atoms with E-state index in [0.29, 0.717) is 6.04 Å². The number of likely N-dealkylation sites (N-methyl/N-ethyl adjacent to an activating group) is 1. The van der Waals surface area contributed by atoms with Gasteiger partial charge in [0.1, 0.15) is 0 Å². The van der Waals surface area contributed by atoms with Crippen molar-refractivity contribution in [2.75, 3.05) is 13.1 Å². The highest BCUT2D eigenvalue weighted by Gasteiger charge is 2.29. The van der Waals surface area contributed by atoms with Gasteiger partial charge in [-0.3, -0.25) is 4.90 Å². The number of nitrogens with two attached hydrogens (primary N) is 1. The number of hydrogen-bond acceptors (Lipinski definition) is 2. The summed E-state index contributed by atoms with van der Waals surface area (Å²) in [6, 6.07) is 9.94. The molecule has 1 saturated heterocycles. The van der Waals surface area contributed by atoms with Gasteiger partial charge in [0.2, 0.25) is 0 Å². The third-order valence-corrected chi connectivity index (χ3v) is 4.74. The van der Waals surface area contributed by atoms with Crippen LogP contribution < -0.4 is 5.73 Å². The second-order valence-electron chi connectivity index (χ2n) is 6.18. The van der Waals surface area contributed by atoms with E-state index in [1.54, 1.807) is 0 Å². The molecule has 0 radical (unpaired) electrons. The number of nitrogens with zero attached hydrogens (tertiary/aromatic N) is 1. The Labute approximate surface area is 117 Å². The summed E-state index contributed by atoms with van der Waals surface area (Å²) in [5.74, 6) is 0.831. The predicted molar refractivity (Wildman–Crippen MR) is 80.2 cm³/mol. The van der Waals surface area contributed by atoms with E-state index in [9.17, 15) is 0 Å². The van der Waals surface area contributed by atoms with Crippen molar-refractivity contribution in [1.82, 2.24) is 4.90 Å². The molecule has 1 aromatic carbocycles. The summed E-state index contributed by atoms with van der Waals surface area (Å²) in [4.78, 5) is 2.57. The minimum Gasteiger partial charge on any atom is -0.326 e. The van der Waals surface area contributed by atoms with Gasteiger partial charge in [-0.15, -0.1) is 0 Å². The second-order valence-corrected chi connectivity index (χ2v) is 6.18. The van der Waals surface area contributed by atoms with Crippen molar-refractivity contribution >= 4 is 0 Å². The molecule has 2 nitrogen and oxygen atoms in total. The van der Waals surface area contributed by atoms with Gasteiger partial charge in [0, 0.05) is 12.1 Å². The highest BCUT2D eigenvalue weighted by Crippen LogP contribution is 2.41. The molecule has 0 spiro atoms. The molecule has 0 bridgehead atoms. The smallest absolute Gasteiger partial charge is 0.0499 e. The van der Waals surface area contributed by atoms with Crippen LogP contribution in [0.1, 0.15) is 62.1 Å². The SMILES string of the molecule is CCN1CCCCC(N)C1c1cccc(C2CC2)c1. The molecule has 104 valence electrons. The fraction of sp³-hybridized carbons (Fsp3) is 0.647. The zero-order valence-electron chi connectivity index (χ0n) is 12.0. The Kier molecular flexibility index (Phi) is 3.90. The molecule has 0 aromatic heterocycles. The van der Waals surface area contributed by atoms with Gasteiger partial charge in [-0.2, -0.15) is 0 Å². The Balaban J connectivity index is 1.89. The third kappa shape index (κ3) is 2.85. The molecule has 0 amide bonds. The normalized spacial score (nSPS) is 29.2.